The van der Waals surface area contributed by atoms with Crippen LogP contribution in [0.25, 0.3) is 0 Å². The standard InChI is InChI=1S/C18H33N2O7P/c1-2-3-7-14-26-28(24,25)27-15-8-5-4-6-12-19-16(21)11-13-20-17(22)9-10-18(20)23/h9-10,17,22H,2-8,11-15H2,1H3,(H,19,21)(H,24,25). The highest BCUT2D eigenvalue weighted by molar-refractivity contribution is 7.47. The summed E-state index contributed by atoms with van der Waals surface area (Å²) in [6.45, 7) is 3.13. The van der Waals surface area contributed by atoms with Crippen LogP contribution in [-0.4, -0.2) is 59.2 Å². The Kier molecular flexibility index (Phi) is 12.3. The molecule has 0 bridgehead atoms. The van der Waals surface area contributed by atoms with Crippen molar-refractivity contribution in [1.29, 1.82) is 0 Å². The molecule has 28 heavy (non-hydrogen) atoms. The molecule has 1 rings (SSSR count). The van der Waals surface area contributed by atoms with Crippen molar-refractivity contribution in [3.05, 3.63) is 12.2 Å². The van der Waals surface area contributed by atoms with E-state index >= 15 is 0 Å². The molecule has 2 unspecified atom stereocenters. The lowest BCUT2D eigenvalue weighted by Gasteiger charge is -2.19. The molecule has 0 aromatic heterocycles. The summed E-state index contributed by atoms with van der Waals surface area (Å²) in [5.41, 5.74) is 0. The minimum atomic E-state index is -3.94. The highest BCUT2D eigenvalue weighted by atomic mass is 31.2. The Bertz CT molecular complexity index is 556. The number of aliphatic hydroxyl groups excluding tert-OH is 1. The van der Waals surface area contributed by atoms with E-state index in [1.807, 2.05) is 6.92 Å². The van der Waals surface area contributed by atoms with Crippen LogP contribution in [-0.2, 0) is 23.2 Å². The quantitative estimate of drug-likeness (QED) is 0.258. The Labute approximate surface area is 166 Å². The van der Waals surface area contributed by atoms with Crippen LogP contribution in [0.5, 0.6) is 0 Å². The summed E-state index contributed by atoms with van der Waals surface area (Å²) in [5, 5.41) is 12.3. The highest BCUT2D eigenvalue weighted by Crippen LogP contribution is 2.43. The number of phosphoric acid groups is 1. The number of nitrogens with one attached hydrogen (secondary N) is 1. The van der Waals surface area contributed by atoms with Crippen LogP contribution >= 0.6 is 7.82 Å². The van der Waals surface area contributed by atoms with Gasteiger partial charge in [-0.3, -0.25) is 18.6 Å². The van der Waals surface area contributed by atoms with Gasteiger partial charge in [-0.2, -0.15) is 0 Å². The van der Waals surface area contributed by atoms with E-state index in [9.17, 15) is 24.2 Å². The van der Waals surface area contributed by atoms with Crippen LogP contribution in [0.1, 0.15) is 58.3 Å². The molecule has 0 saturated carbocycles. The van der Waals surface area contributed by atoms with Crippen molar-refractivity contribution >= 4 is 19.6 Å². The smallest absolute Gasteiger partial charge is 0.370 e. The number of hydrogen-bond donors (Lipinski definition) is 3. The molecule has 1 heterocycles. The van der Waals surface area contributed by atoms with E-state index < -0.39 is 14.1 Å². The van der Waals surface area contributed by atoms with E-state index in [1.165, 1.54) is 17.1 Å². The molecule has 0 fully saturated rings. The molecule has 0 aromatic carbocycles. The molecule has 0 spiro atoms. The summed E-state index contributed by atoms with van der Waals surface area (Å²) in [5.74, 6) is -0.460. The first-order chi connectivity index (χ1) is 13.4. The van der Waals surface area contributed by atoms with Gasteiger partial charge in [0.25, 0.3) is 0 Å². The van der Waals surface area contributed by atoms with Gasteiger partial charge in [0.05, 0.1) is 13.2 Å². The number of rotatable bonds is 16. The Hall–Kier alpha value is -1.25. The molecule has 1 aliphatic rings. The van der Waals surface area contributed by atoms with Crippen LogP contribution in [0.4, 0.5) is 0 Å². The van der Waals surface area contributed by atoms with E-state index in [2.05, 4.69) is 5.32 Å². The molecular weight excluding hydrogens is 387 g/mol. The summed E-state index contributed by atoms with van der Waals surface area (Å²) in [7, 11) is -3.94. The van der Waals surface area contributed by atoms with Crippen molar-refractivity contribution in [3.63, 3.8) is 0 Å². The number of carbonyl (C=O) groups is 2. The average Bonchev–Trinajstić information content (AvgIpc) is 2.97. The zero-order valence-electron chi connectivity index (χ0n) is 16.5. The normalized spacial score (nSPS) is 18.5. The van der Waals surface area contributed by atoms with Crippen molar-refractivity contribution in [2.75, 3.05) is 26.3 Å². The maximum Gasteiger partial charge on any atom is 0.472 e. The molecule has 2 atom stereocenters. The fourth-order valence-electron chi connectivity index (χ4n) is 2.61. The minimum absolute atomic E-state index is 0.141. The van der Waals surface area contributed by atoms with Gasteiger partial charge in [-0.15, -0.1) is 0 Å². The van der Waals surface area contributed by atoms with E-state index in [-0.39, 0.29) is 38.0 Å². The molecule has 0 aromatic rings. The molecule has 10 heteroatoms. The lowest BCUT2D eigenvalue weighted by atomic mass is 10.2. The Morgan fingerprint density at radius 2 is 1.82 bits per heavy atom. The van der Waals surface area contributed by atoms with Gasteiger partial charge in [0.1, 0.15) is 6.23 Å². The molecule has 0 aliphatic carbocycles. The number of amides is 2. The summed E-state index contributed by atoms with van der Waals surface area (Å²) < 4.78 is 21.4. The number of hydrogen-bond acceptors (Lipinski definition) is 6. The van der Waals surface area contributed by atoms with Gasteiger partial charge in [-0.05, 0) is 25.3 Å². The summed E-state index contributed by atoms with van der Waals surface area (Å²) in [6, 6.07) is 0. The predicted molar refractivity (Wildman–Crippen MR) is 104 cm³/mol. The van der Waals surface area contributed by atoms with Crippen molar-refractivity contribution in [2.45, 2.75) is 64.5 Å². The summed E-state index contributed by atoms with van der Waals surface area (Å²) in [4.78, 5) is 33.9. The second-order valence-electron chi connectivity index (χ2n) is 6.66. The third-order valence-corrected chi connectivity index (χ3v) is 5.26. The van der Waals surface area contributed by atoms with Gasteiger partial charge in [0.2, 0.25) is 11.8 Å². The molecular formula is C18H33N2O7P. The van der Waals surface area contributed by atoms with Crippen LogP contribution in [0, 0.1) is 0 Å². The minimum Gasteiger partial charge on any atom is -0.370 e. The molecule has 9 nitrogen and oxygen atoms in total. The third-order valence-electron chi connectivity index (χ3n) is 4.24. The zero-order chi connectivity index (χ0) is 20.8. The van der Waals surface area contributed by atoms with Crippen LogP contribution in [0.3, 0.4) is 0 Å². The monoisotopic (exact) mass is 420 g/mol. The number of carbonyl (C=O) groups excluding carboxylic acids is 2. The largest absolute Gasteiger partial charge is 0.472 e. The summed E-state index contributed by atoms with van der Waals surface area (Å²) >= 11 is 0. The summed E-state index contributed by atoms with van der Waals surface area (Å²) in [6.07, 6.45) is 7.66. The Morgan fingerprint density at radius 1 is 1.18 bits per heavy atom. The van der Waals surface area contributed by atoms with E-state index in [0.717, 1.165) is 38.5 Å². The molecule has 162 valence electrons. The van der Waals surface area contributed by atoms with E-state index in [4.69, 9.17) is 9.05 Å². The zero-order valence-corrected chi connectivity index (χ0v) is 17.4. The molecule has 3 N–H and O–H groups in total. The number of aliphatic hydroxyl groups is 1. The predicted octanol–water partition coefficient (Wildman–Crippen LogP) is 2.09. The van der Waals surface area contributed by atoms with Gasteiger partial charge < -0.3 is 20.2 Å². The first-order valence-electron chi connectivity index (χ1n) is 9.91. The Balaban J connectivity index is 1.95. The number of nitrogens with zero attached hydrogens (tertiary/aromatic N) is 1. The van der Waals surface area contributed by atoms with E-state index in [1.54, 1.807) is 0 Å². The van der Waals surface area contributed by atoms with Gasteiger partial charge in [0, 0.05) is 25.6 Å². The van der Waals surface area contributed by atoms with Crippen molar-refractivity contribution in [2.24, 2.45) is 0 Å². The number of unbranched alkanes of at least 4 members (excludes halogenated alkanes) is 5. The maximum absolute atomic E-state index is 11.7. The van der Waals surface area contributed by atoms with E-state index in [0.29, 0.717) is 13.0 Å². The van der Waals surface area contributed by atoms with Crippen molar-refractivity contribution in [3.8, 4) is 0 Å². The van der Waals surface area contributed by atoms with Gasteiger partial charge in [-0.1, -0.05) is 32.6 Å². The highest BCUT2D eigenvalue weighted by Gasteiger charge is 2.23. The van der Waals surface area contributed by atoms with Gasteiger partial charge >= 0.3 is 7.82 Å². The molecule has 0 saturated heterocycles. The molecule has 2 amide bonds. The lowest BCUT2D eigenvalue weighted by molar-refractivity contribution is -0.131. The topological polar surface area (TPSA) is 125 Å². The van der Waals surface area contributed by atoms with Crippen LogP contribution in [0.2, 0.25) is 0 Å². The third kappa shape index (κ3) is 10.9. The number of phosphoric ester groups is 1. The molecule has 0 radical (unpaired) electrons. The van der Waals surface area contributed by atoms with Crippen molar-refractivity contribution < 1.29 is 33.2 Å². The van der Waals surface area contributed by atoms with Gasteiger partial charge in [0.15, 0.2) is 0 Å². The maximum atomic E-state index is 11.7. The molecule has 1 aliphatic heterocycles. The fraction of sp³-hybridized carbons (Fsp3) is 0.778. The van der Waals surface area contributed by atoms with Crippen LogP contribution < -0.4 is 5.32 Å². The lowest BCUT2D eigenvalue weighted by Crippen LogP contribution is -2.37. The van der Waals surface area contributed by atoms with Crippen molar-refractivity contribution in [1.82, 2.24) is 10.2 Å². The first kappa shape index (κ1) is 24.8. The Morgan fingerprint density at radius 3 is 2.43 bits per heavy atom. The second-order valence-corrected chi connectivity index (χ2v) is 8.11. The second kappa shape index (κ2) is 13.8. The van der Waals surface area contributed by atoms with Gasteiger partial charge in [-0.25, -0.2) is 4.57 Å². The first-order valence-corrected chi connectivity index (χ1v) is 11.4. The average molecular weight is 420 g/mol. The fourth-order valence-corrected chi connectivity index (χ4v) is 3.40. The SMILES string of the molecule is CCCCCOP(=O)(O)OCCCCCCNC(=O)CCN1C(=O)C=CC1O. The van der Waals surface area contributed by atoms with Crippen LogP contribution in [0.15, 0.2) is 12.2 Å².